The second kappa shape index (κ2) is 4.13. The van der Waals surface area contributed by atoms with Crippen LogP contribution in [0, 0.1) is 0 Å². The molecule has 2 saturated heterocycles. The number of nitrogens with zero attached hydrogens (tertiary/aromatic N) is 2. The van der Waals surface area contributed by atoms with Gasteiger partial charge in [-0.15, -0.1) is 0 Å². The monoisotopic (exact) mass is 202 g/mol. The fraction of sp³-hybridized carbons (Fsp3) is 1.00. The Kier molecular flexibility index (Phi) is 3.04. The minimum Gasteiger partial charge on any atom is -0.374 e. The third-order valence-corrected chi connectivity index (χ3v) is 3.28. The van der Waals surface area contributed by atoms with Crippen molar-refractivity contribution in [3.05, 3.63) is 0 Å². The van der Waals surface area contributed by atoms with Gasteiger partial charge in [-0.2, -0.15) is 0 Å². The molecule has 2 rings (SSSR count). The van der Waals surface area contributed by atoms with Gasteiger partial charge in [0.15, 0.2) is 0 Å². The Morgan fingerprint density at radius 3 is 2.64 bits per heavy atom. The van der Waals surface area contributed by atoms with Gasteiger partial charge in [0.05, 0.1) is 12.7 Å². The summed E-state index contributed by atoms with van der Waals surface area (Å²) >= 11 is 0. The molecule has 0 amide bonds. The number of halogens is 1. The molecule has 2 heterocycles. The molecule has 2 fully saturated rings. The molecule has 0 saturated carbocycles. The fourth-order valence-electron chi connectivity index (χ4n) is 2.13. The number of likely N-dealkylation sites (N-methyl/N-ethyl adjacent to an activating group) is 1. The normalized spacial score (nSPS) is 34.1. The van der Waals surface area contributed by atoms with E-state index in [1.807, 2.05) is 0 Å². The van der Waals surface area contributed by atoms with Gasteiger partial charge in [0.2, 0.25) is 0 Å². The van der Waals surface area contributed by atoms with Gasteiger partial charge in [0.1, 0.15) is 6.17 Å². The highest BCUT2D eigenvalue weighted by Crippen LogP contribution is 2.20. The maximum atomic E-state index is 12.7. The van der Waals surface area contributed by atoms with Gasteiger partial charge in [0.25, 0.3) is 0 Å². The highest BCUT2D eigenvalue weighted by Gasteiger charge is 2.35. The molecule has 0 aliphatic carbocycles. The average Bonchev–Trinajstić information content (AvgIpc) is 2.12. The zero-order valence-corrected chi connectivity index (χ0v) is 8.95. The first-order chi connectivity index (χ1) is 6.66. The van der Waals surface area contributed by atoms with Crippen molar-refractivity contribution in [3.8, 4) is 0 Å². The van der Waals surface area contributed by atoms with Crippen LogP contribution in [0.1, 0.15) is 6.92 Å². The molecule has 2 atom stereocenters. The molecule has 14 heavy (non-hydrogen) atoms. The van der Waals surface area contributed by atoms with Crippen LogP contribution in [0.2, 0.25) is 0 Å². The van der Waals surface area contributed by atoms with Gasteiger partial charge >= 0.3 is 0 Å². The molecule has 0 aromatic heterocycles. The molecule has 0 spiro atoms. The molecular weight excluding hydrogens is 183 g/mol. The van der Waals surface area contributed by atoms with E-state index in [0.717, 1.165) is 19.7 Å². The zero-order chi connectivity index (χ0) is 10.1. The molecule has 3 nitrogen and oxygen atoms in total. The van der Waals surface area contributed by atoms with Crippen LogP contribution in [0.3, 0.4) is 0 Å². The van der Waals surface area contributed by atoms with Crippen LogP contribution in [0.5, 0.6) is 0 Å². The SMILES string of the molecule is CC(C1CN(C)CCO1)N1CC(F)C1. The summed E-state index contributed by atoms with van der Waals surface area (Å²) in [5.74, 6) is 0. The summed E-state index contributed by atoms with van der Waals surface area (Å²) in [6.07, 6.45) is -0.361. The van der Waals surface area contributed by atoms with Gasteiger partial charge in [-0.25, -0.2) is 4.39 Å². The number of likely N-dealkylation sites (tertiary alicyclic amines) is 1. The molecule has 2 unspecified atom stereocenters. The van der Waals surface area contributed by atoms with Crippen molar-refractivity contribution in [2.75, 3.05) is 39.8 Å². The maximum Gasteiger partial charge on any atom is 0.125 e. The lowest BCUT2D eigenvalue weighted by molar-refractivity contribution is -0.0866. The maximum absolute atomic E-state index is 12.7. The Morgan fingerprint density at radius 1 is 1.36 bits per heavy atom. The summed E-state index contributed by atoms with van der Waals surface area (Å²) in [4.78, 5) is 4.44. The molecule has 4 heteroatoms. The van der Waals surface area contributed by atoms with Gasteiger partial charge in [-0.1, -0.05) is 0 Å². The van der Waals surface area contributed by atoms with Crippen molar-refractivity contribution < 1.29 is 9.13 Å². The van der Waals surface area contributed by atoms with Gasteiger partial charge in [0, 0.05) is 32.2 Å². The average molecular weight is 202 g/mol. The van der Waals surface area contributed by atoms with Crippen LogP contribution in [0.25, 0.3) is 0 Å². The van der Waals surface area contributed by atoms with E-state index >= 15 is 0 Å². The Hall–Kier alpha value is -0.190. The number of alkyl halides is 1. The number of hydrogen-bond acceptors (Lipinski definition) is 3. The van der Waals surface area contributed by atoms with Crippen molar-refractivity contribution in [1.29, 1.82) is 0 Å². The molecule has 0 aromatic rings. The lowest BCUT2D eigenvalue weighted by Gasteiger charge is -2.44. The molecule has 0 bridgehead atoms. The van der Waals surface area contributed by atoms with E-state index in [9.17, 15) is 4.39 Å². The number of morpholine rings is 1. The van der Waals surface area contributed by atoms with E-state index in [2.05, 4.69) is 23.8 Å². The van der Waals surface area contributed by atoms with Crippen molar-refractivity contribution >= 4 is 0 Å². The Balaban J connectivity index is 1.81. The fourth-order valence-corrected chi connectivity index (χ4v) is 2.13. The first-order valence-corrected chi connectivity index (χ1v) is 5.35. The predicted octanol–water partition coefficient (Wildman–Crippen LogP) is 0.359. The Bertz CT molecular complexity index is 197. The van der Waals surface area contributed by atoms with E-state index in [1.54, 1.807) is 0 Å². The third-order valence-electron chi connectivity index (χ3n) is 3.28. The highest BCUT2D eigenvalue weighted by atomic mass is 19.1. The zero-order valence-electron chi connectivity index (χ0n) is 8.95. The van der Waals surface area contributed by atoms with E-state index in [4.69, 9.17) is 4.74 Å². The van der Waals surface area contributed by atoms with Gasteiger partial charge in [-0.3, -0.25) is 4.90 Å². The predicted molar refractivity (Wildman–Crippen MR) is 53.2 cm³/mol. The second-order valence-electron chi connectivity index (χ2n) is 4.46. The van der Waals surface area contributed by atoms with Crippen LogP contribution < -0.4 is 0 Å². The van der Waals surface area contributed by atoms with Crippen molar-refractivity contribution in [2.24, 2.45) is 0 Å². The molecule has 2 aliphatic heterocycles. The smallest absolute Gasteiger partial charge is 0.125 e. The summed E-state index contributed by atoms with van der Waals surface area (Å²) < 4.78 is 18.4. The molecule has 0 radical (unpaired) electrons. The summed E-state index contributed by atoms with van der Waals surface area (Å²) in [6, 6.07) is 0.352. The topological polar surface area (TPSA) is 15.7 Å². The lowest BCUT2D eigenvalue weighted by Crippen LogP contribution is -2.59. The minimum atomic E-state index is -0.612. The molecule has 0 N–H and O–H groups in total. The van der Waals surface area contributed by atoms with E-state index in [0.29, 0.717) is 19.1 Å². The minimum absolute atomic E-state index is 0.251. The first-order valence-electron chi connectivity index (χ1n) is 5.35. The lowest BCUT2D eigenvalue weighted by atomic mass is 10.0. The molecule has 0 aromatic carbocycles. The summed E-state index contributed by atoms with van der Waals surface area (Å²) in [7, 11) is 2.11. The van der Waals surface area contributed by atoms with E-state index in [-0.39, 0.29) is 6.10 Å². The van der Waals surface area contributed by atoms with Crippen LogP contribution in [-0.4, -0.2) is 68.0 Å². The standard InChI is InChI=1S/C10H19FN2O/c1-8(13-5-9(11)6-13)10-7-12(2)3-4-14-10/h8-10H,3-7H2,1-2H3. The Labute approximate surface area is 84.8 Å². The van der Waals surface area contributed by atoms with Crippen molar-refractivity contribution in [1.82, 2.24) is 9.80 Å². The molecule has 2 aliphatic rings. The first kappa shape index (κ1) is 10.3. The van der Waals surface area contributed by atoms with Gasteiger partial charge in [-0.05, 0) is 14.0 Å². The molecular formula is C10H19FN2O. The number of ether oxygens (including phenoxy) is 1. The van der Waals surface area contributed by atoms with Gasteiger partial charge < -0.3 is 9.64 Å². The summed E-state index contributed by atoms with van der Waals surface area (Å²) in [5, 5.41) is 0. The van der Waals surface area contributed by atoms with Crippen molar-refractivity contribution in [2.45, 2.75) is 25.2 Å². The number of hydrogen-bond donors (Lipinski definition) is 0. The highest BCUT2D eigenvalue weighted by molar-refractivity contribution is 4.89. The van der Waals surface area contributed by atoms with E-state index < -0.39 is 6.17 Å². The largest absolute Gasteiger partial charge is 0.374 e. The quantitative estimate of drug-likeness (QED) is 0.643. The van der Waals surface area contributed by atoms with Crippen molar-refractivity contribution in [3.63, 3.8) is 0 Å². The van der Waals surface area contributed by atoms with Crippen LogP contribution >= 0.6 is 0 Å². The second-order valence-corrected chi connectivity index (χ2v) is 4.46. The van der Waals surface area contributed by atoms with Crippen LogP contribution in [0.15, 0.2) is 0 Å². The van der Waals surface area contributed by atoms with E-state index in [1.165, 1.54) is 0 Å². The Morgan fingerprint density at radius 2 is 2.07 bits per heavy atom. The summed E-state index contributed by atoms with van der Waals surface area (Å²) in [5.41, 5.74) is 0. The third kappa shape index (κ3) is 2.07. The van der Waals surface area contributed by atoms with Crippen LogP contribution in [-0.2, 0) is 4.74 Å². The van der Waals surface area contributed by atoms with Crippen LogP contribution in [0.4, 0.5) is 4.39 Å². The summed E-state index contributed by atoms with van der Waals surface area (Å²) in [6.45, 7) is 6.09. The molecule has 82 valence electrons. The number of rotatable bonds is 2.